The number of nitrogens with one attached hydrogen (secondary N) is 3. The molecule has 0 aliphatic rings. The standard InChI is InChI=1S/C11H21N5O3S/c1-4-5-13-10-9(19-3)11(16-8-15-10)14-6-7-20(17,18)12-2/h8,12H,4-7H2,1-3H3,(H2,13,14,15,16). The van der Waals surface area contributed by atoms with E-state index in [1.165, 1.54) is 20.5 Å². The molecule has 0 spiro atoms. The van der Waals surface area contributed by atoms with Crippen LogP contribution in [0.4, 0.5) is 11.6 Å². The Kier molecular flexibility index (Phi) is 6.46. The van der Waals surface area contributed by atoms with Crippen molar-refractivity contribution in [1.29, 1.82) is 0 Å². The summed E-state index contributed by atoms with van der Waals surface area (Å²) in [6, 6.07) is 0. The summed E-state index contributed by atoms with van der Waals surface area (Å²) in [5, 5.41) is 6.06. The van der Waals surface area contributed by atoms with Gasteiger partial charge in [0.15, 0.2) is 11.6 Å². The zero-order valence-electron chi connectivity index (χ0n) is 11.9. The normalized spacial score (nSPS) is 11.2. The van der Waals surface area contributed by atoms with E-state index in [0.717, 1.165) is 13.0 Å². The maximum Gasteiger partial charge on any atom is 0.213 e. The second kappa shape index (κ2) is 7.85. The smallest absolute Gasteiger partial charge is 0.213 e. The molecule has 1 rings (SSSR count). The molecule has 0 fully saturated rings. The third-order valence-corrected chi connectivity index (χ3v) is 3.89. The lowest BCUT2D eigenvalue weighted by Gasteiger charge is -2.13. The minimum atomic E-state index is -3.25. The van der Waals surface area contributed by atoms with E-state index in [-0.39, 0.29) is 12.3 Å². The van der Waals surface area contributed by atoms with Crippen LogP contribution in [0.15, 0.2) is 6.33 Å². The third kappa shape index (κ3) is 4.82. The molecular weight excluding hydrogens is 282 g/mol. The van der Waals surface area contributed by atoms with Crippen LogP contribution in [-0.2, 0) is 10.0 Å². The Morgan fingerprint density at radius 2 is 1.80 bits per heavy atom. The first-order chi connectivity index (χ1) is 9.54. The van der Waals surface area contributed by atoms with Crippen molar-refractivity contribution in [3.8, 4) is 5.75 Å². The summed E-state index contributed by atoms with van der Waals surface area (Å²) in [5.41, 5.74) is 0. The van der Waals surface area contributed by atoms with Gasteiger partial charge in [0.1, 0.15) is 6.33 Å². The molecule has 0 radical (unpaired) electrons. The lowest BCUT2D eigenvalue weighted by molar-refractivity contribution is 0.414. The quantitative estimate of drug-likeness (QED) is 0.601. The molecule has 9 heteroatoms. The molecule has 0 aliphatic heterocycles. The molecule has 3 N–H and O–H groups in total. The Balaban J connectivity index is 2.74. The fourth-order valence-corrected chi connectivity index (χ4v) is 2.04. The van der Waals surface area contributed by atoms with Crippen LogP contribution in [0.25, 0.3) is 0 Å². The summed E-state index contributed by atoms with van der Waals surface area (Å²) >= 11 is 0. The summed E-state index contributed by atoms with van der Waals surface area (Å²) in [6.45, 7) is 3.03. The van der Waals surface area contributed by atoms with Gasteiger partial charge in [-0.1, -0.05) is 6.92 Å². The Morgan fingerprint density at radius 1 is 1.20 bits per heavy atom. The van der Waals surface area contributed by atoms with Crippen molar-refractivity contribution in [3.63, 3.8) is 0 Å². The van der Waals surface area contributed by atoms with Gasteiger partial charge in [0, 0.05) is 13.1 Å². The molecule has 1 heterocycles. The van der Waals surface area contributed by atoms with Gasteiger partial charge in [0.05, 0.1) is 12.9 Å². The molecule has 1 aromatic rings. The number of ether oxygens (including phenoxy) is 1. The van der Waals surface area contributed by atoms with Crippen LogP contribution in [0.5, 0.6) is 5.75 Å². The number of hydrogen-bond acceptors (Lipinski definition) is 7. The van der Waals surface area contributed by atoms with Gasteiger partial charge in [0.2, 0.25) is 15.8 Å². The molecular formula is C11H21N5O3S. The van der Waals surface area contributed by atoms with Crippen LogP contribution in [0.2, 0.25) is 0 Å². The fourth-order valence-electron chi connectivity index (χ4n) is 1.47. The van der Waals surface area contributed by atoms with Crippen LogP contribution < -0.4 is 20.1 Å². The lowest BCUT2D eigenvalue weighted by Crippen LogP contribution is -2.26. The highest BCUT2D eigenvalue weighted by Crippen LogP contribution is 2.28. The third-order valence-electron chi connectivity index (χ3n) is 2.52. The Hall–Kier alpha value is -1.61. The minimum absolute atomic E-state index is 0.0472. The molecule has 1 aromatic heterocycles. The predicted molar refractivity (Wildman–Crippen MR) is 78.7 cm³/mol. The molecule has 0 amide bonds. The highest BCUT2D eigenvalue weighted by atomic mass is 32.2. The van der Waals surface area contributed by atoms with Crippen molar-refractivity contribution >= 4 is 21.7 Å². The molecule has 0 saturated carbocycles. The number of aromatic nitrogens is 2. The largest absolute Gasteiger partial charge is 0.490 e. The van der Waals surface area contributed by atoms with Crippen LogP contribution in [0.3, 0.4) is 0 Å². The molecule has 0 bridgehead atoms. The van der Waals surface area contributed by atoms with E-state index in [9.17, 15) is 8.42 Å². The molecule has 114 valence electrons. The van der Waals surface area contributed by atoms with Gasteiger partial charge in [-0.15, -0.1) is 0 Å². The molecule has 0 unspecified atom stereocenters. The topological polar surface area (TPSA) is 105 Å². The van der Waals surface area contributed by atoms with Crippen molar-refractivity contribution in [3.05, 3.63) is 6.33 Å². The first-order valence-electron chi connectivity index (χ1n) is 6.32. The van der Waals surface area contributed by atoms with Gasteiger partial charge in [0.25, 0.3) is 0 Å². The first kappa shape index (κ1) is 16.4. The van der Waals surface area contributed by atoms with Crippen molar-refractivity contribution in [2.75, 3.05) is 43.6 Å². The molecule has 8 nitrogen and oxygen atoms in total. The van der Waals surface area contributed by atoms with Gasteiger partial charge >= 0.3 is 0 Å². The number of sulfonamides is 1. The van der Waals surface area contributed by atoms with E-state index in [0.29, 0.717) is 17.4 Å². The maximum absolute atomic E-state index is 11.3. The van der Waals surface area contributed by atoms with E-state index in [4.69, 9.17) is 4.74 Å². The maximum atomic E-state index is 11.3. The second-order valence-corrected chi connectivity index (χ2v) is 6.03. The molecule has 0 saturated heterocycles. The molecule has 20 heavy (non-hydrogen) atoms. The average Bonchev–Trinajstić information content (AvgIpc) is 2.45. The van der Waals surface area contributed by atoms with E-state index >= 15 is 0 Å². The SMILES string of the molecule is CCCNc1ncnc(NCCS(=O)(=O)NC)c1OC. The highest BCUT2D eigenvalue weighted by Gasteiger charge is 2.12. The van der Waals surface area contributed by atoms with E-state index in [1.54, 1.807) is 0 Å². The van der Waals surface area contributed by atoms with Gasteiger partial charge in [-0.25, -0.2) is 23.1 Å². The van der Waals surface area contributed by atoms with Gasteiger partial charge in [-0.05, 0) is 13.5 Å². The fraction of sp³-hybridized carbons (Fsp3) is 0.636. The summed E-state index contributed by atoms with van der Waals surface area (Å²) < 4.78 is 30.2. The summed E-state index contributed by atoms with van der Waals surface area (Å²) in [7, 11) is -0.344. The van der Waals surface area contributed by atoms with E-state index in [2.05, 4.69) is 25.3 Å². The van der Waals surface area contributed by atoms with Crippen molar-refractivity contribution in [2.45, 2.75) is 13.3 Å². The van der Waals surface area contributed by atoms with Crippen molar-refractivity contribution < 1.29 is 13.2 Å². The van der Waals surface area contributed by atoms with Crippen LogP contribution in [-0.4, -0.2) is 51.4 Å². The zero-order valence-corrected chi connectivity index (χ0v) is 12.7. The van der Waals surface area contributed by atoms with Crippen LogP contribution >= 0.6 is 0 Å². The second-order valence-electron chi connectivity index (χ2n) is 3.98. The number of anilines is 2. The number of nitrogens with zero attached hydrogens (tertiary/aromatic N) is 2. The predicted octanol–water partition coefficient (Wildman–Crippen LogP) is 0.268. The van der Waals surface area contributed by atoms with Gasteiger partial charge in [-0.3, -0.25) is 0 Å². The van der Waals surface area contributed by atoms with Crippen molar-refractivity contribution in [1.82, 2.24) is 14.7 Å². The van der Waals surface area contributed by atoms with Crippen molar-refractivity contribution in [2.24, 2.45) is 0 Å². The van der Waals surface area contributed by atoms with Crippen LogP contribution in [0.1, 0.15) is 13.3 Å². The number of rotatable bonds is 9. The summed E-state index contributed by atoms with van der Waals surface area (Å²) in [6.07, 6.45) is 2.35. The van der Waals surface area contributed by atoms with E-state index < -0.39 is 10.0 Å². The Labute approximate surface area is 119 Å². The van der Waals surface area contributed by atoms with Gasteiger partial charge in [-0.2, -0.15) is 0 Å². The van der Waals surface area contributed by atoms with Crippen LogP contribution in [0, 0.1) is 0 Å². The zero-order chi connectivity index (χ0) is 15.0. The highest BCUT2D eigenvalue weighted by molar-refractivity contribution is 7.89. The molecule has 0 aromatic carbocycles. The lowest BCUT2D eigenvalue weighted by atomic mass is 10.4. The number of hydrogen-bond donors (Lipinski definition) is 3. The summed E-state index contributed by atoms with van der Waals surface area (Å²) in [4.78, 5) is 8.16. The summed E-state index contributed by atoms with van der Waals surface area (Å²) in [5.74, 6) is 1.48. The minimum Gasteiger partial charge on any atom is -0.490 e. The van der Waals surface area contributed by atoms with Gasteiger partial charge < -0.3 is 15.4 Å². The Morgan fingerprint density at radius 3 is 2.30 bits per heavy atom. The molecule has 0 atom stereocenters. The first-order valence-corrected chi connectivity index (χ1v) is 7.97. The van der Waals surface area contributed by atoms with E-state index in [1.807, 2.05) is 6.92 Å². The molecule has 0 aliphatic carbocycles. The Bertz CT molecular complexity index is 521. The average molecular weight is 303 g/mol. The monoisotopic (exact) mass is 303 g/mol. The number of methoxy groups -OCH3 is 1.